The predicted octanol–water partition coefficient (Wildman–Crippen LogP) is 2.43. The molecule has 0 saturated carbocycles. The Balaban J connectivity index is 0.00000312. The second kappa shape index (κ2) is 10.8. The molecule has 1 unspecified atom stereocenters. The third kappa shape index (κ3) is 8.70. The quantitative estimate of drug-likeness (QED) is 0.381. The van der Waals surface area contributed by atoms with Crippen molar-refractivity contribution in [2.75, 3.05) is 32.7 Å². The highest BCUT2D eigenvalue weighted by molar-refractivity contribution is 14.0. The number of nitrogens with zero attached hydrogens (tertiary/aromatic N) is 3. The molecule has 1 fully saturated rings. The van der Waals surface area contributed by atoms with E-state index in [1.54, 1.807) is 6.20 Å². The monoisotopic (exact) mass is 471 g/mol. The van der Waals surface area contributed by atoms with Crippen molar-refractivity contribution in [1.29, 1.82) is 0 Å². The van der Waals surface area contributed by atoms with Gasteiger partial charge in [-0.15, -0.1) is 24.0 Å². The first-order chi connectivity index (χ1) is 11.5. The molecule has 0 bridgehead atoms. The van der Waals surface area contributed by atoms with Gasteiger partial charge >= 0.3 is 6.18 Å². The van der Waals surface area contributed by atoms with Crippen molar-refractivity contribution in [3.05, 3.63) is 30.1 Å². The lowest BCUT2D eigenvalue weighted by molar-refractivity contribution is -0.143. The van der Waals surface area contributed by atoms with Gasteiger partial charge in [-0.2, -0.15) is 13.2 Å². The predicted molar refractivity (Wildman–Crippen MR) is 103 cm³/mol. The van der Waals surface area contributed by atoms with E-state index in [2.05, 4.69) is 20.6 Å². The van der Waals surface area contributed by atoms with Crippen LogP contribution in [0, 0.1) is 0 Å². The van der Waals surface area contributed by atoms with E-state index in [0.717, 1.165) is 12.1 Å². The van der Waals surface area contributed by atoms with Gasteiger partial charge in [0.2, 0.25) is 0 Å². The standard InChI is InChI=1S/C16H24F3N5.HI/c1-2-20-15(22-9-6-13-5-3-4-8-21-13)23-14-7-10-24(11-14)12-16(17,18)19;/h3-5,8,14H,2,6-7,9-12H2,1H3,(H2,20,22,23);1H. The molecule has 2 N–H and O–H groups in total. The van der Waals surface area contributed by atoms with Crippen LogP contribution in [-0.2, 0) is 6.42 Å². The molecule has 0 spiro atoms. The van der Waals surface area contributed by atoms with E-state index >= 15 is 0 Å². The van der Waals surface area contributed by atoms with Crippen LogP contribution in [0.5, 0.6) is 0 Å². The molecular formula is C16H25F3IN5. The first kappa shape index (κ1) is 21.9. The lowest BCUT2D eigenvalue weighted by atomic mass is 10.2. The fourth-order valence-electron chi connectivity index (χ4n) is 2.69. The van der Waals surface area contributed by atoms with Crippen LogP contribution in [-0.4, -0.2) is 60.8 Å². The van der Waals surface area contributed by atoms with E-state index in [9.17, 15) is 13.2 Å². The Labute approximate surface area is 163 Å². The molecule has 1 atom stereocenters. The summed E-state index contributed by atoms with van der Waals surface area (Å²) in [6.07, 6.45) is -0.991. The van der Waals surface area contributed by atoms with Gasteiger partial charge in [-0.3, -0.25) is 14.9 Å². The maximum atomic E-state index is 12.4. The number of guanidine groups is 1. The lowest BCUT2D eigenvalue weighted by Crippen LogP contribution is -2.45. The van der Waals surface area contributed by atoms with Gasteiger partial charge in [-0.1, -0.05) is 6.07 Å². The van der Waals surface area contributed by atoms with Crippen LogP contribution in [0.1, 0.15) is 19.0 Å². The molecule has 2 rings (SSSR count). The molecule has 1 saturated heterocycles. The molecule has 0 aromatic carbocycles. The number of likely N-dealkylation sites (tertiary alicyclic amines) is 1. The van der Waals surface area contributed by atoms with Gasteiger partial charge in [-0.25, -0.2) is 0 Å². The van der Waals surface area contributed by atoms with E-state index in [4.69, 9.17) is 0 Å². The van der Waals surface area contributed by atoms with Gasteiger partial charge in [0.25, 0.3) is 0 Å². The minimum atomic E-state index is -4.14. The van der Waals surface area contributed by atoms with Gasteiger partial charge in [0.1, 0.15) is 0 Å². The number of hydrogen-bond acceptors (Lipinski definition) is 3. The summed E-state index contributed by atoms with van der Waals surface area (Å²) < 4.78 is 37.3. The molecule has 5 nitrogen and oxygen atoms in total. The van der Waals surface area contributed by atoms with Crippen molar-refractivity contribution in [3.8, 4) is 0 Å². The van der Waals surface area contributed by atoms with E-state index in [1.165, 1.54) is 4.90 Å². The maximum Gasteiger partial charge on any atom is 0.401 e. The van der Waals surface area contributed by atoms with Crippen LogP contribution in [0.3, 0.4) is 0 Å². The normalized spacial score (nSPS) is 18.7. The van der Waals surface area contributed by atoms with Crippen molar-refractivity contribution in [3.63, 3.8) is 0 Å². The first-order valence-electron chi connectivity index (χ1n) is 8.20. The van der Waals surface area contributed by atoms with Crippen LogP contribution in [0.4, 0.5) is 13.2 Å². The molecule has 2 heterocycles. The van der Waals surface area contributed by atoms with Gasteiger partial charge in [0.15, 0.2) is 5.96 Å². The van der Waals surface area contributed by atoms with Crippen LogP contribution in [0.25, 0.3) is 0 Å². The number of pyridine rings is 1. The van der Waals surface area contributed by atoms with Crippen molar-refractivity contribution in [2.24, 2.45) is 4.99 Å². The maximum absolute atomic E-state index is 12.4. The summed E-state index contributed by atoms with van der Waals surface area (Å²) >= 11 is 0. The largest absolute Gasteiger partial charge is 0.401 e. The number of aromatic nitrogens is 1. The van der Waals surface area contributed by atoms with Crippen LogP contribution in [0.2, 0.25) is 0 Å². The molecule has 1 aliphatic rings. The van der Waals surface area contributed by atoms with Crippen LogP contribution in [0.15, 0.2) is 29.4 Å². The third-order valence-electron chi connectivity index (χ3n) is 3.72. The van der Waals surface area contributed by atoms with Crippen molar-refractivity contribution >= 4 is 29.9 Å². The Morgan fingerprint density at radius 1 is 1.40 bits per heavy atom. The van der Waals surface area contributed by atoms with Crippen molar-refractivity contribution < 1.29 is 13.2 Å². The Morgan fingerprint density at radius 3 is 2.84 bits per heavy atom. The molecule has 9 heteroatoms. The fourth-order valence-corrected chi connectivity index (χ4v) is 2.69. The van der Waals surface area contributed by atoms with E-state index < -0.39 is 12.7 Å². The SMILES string of the molecule is CCNC(=NCCc1ccccn1)NC1CCN(CC(F)(F)F)C1.I. The number of alkyl halides is 3. The molecule has 1 aromatic heterocycles. The van der Waals surface area contributed by atoms with E-state index in [1.807, 2.05) is 25.1 Å². The van der Waals surface area contributed by atoms with Gasteiger partial charge < -0.3 is 10.6 Å². The Kier molecular flexibility index (Phi) is 9.47. The second-order valence-corrected chi connectivity index (χ2v) is 5.81. The highest BCUT2D eigenvalue weighted by Crippen LogP contribution is 2.19. The fraction of sp³-hybridized carbons (Fsp3) is 0.625. The summed E-state index contributed by atoms with van der Waals surface area (Å²) in [7, 11) is 0. The number of halogens is 4. The summed E-state index contributed by atoms with van der Waals surface area (Å²) in [6, 6.07) is 5.73. The number of aliphatic imine (C=N–C) groups is 1. The zero-order chi connectivity index (χ0) is 17.4. The summed E-state index contributed by atoms with van der Waals surface area (Å²) in [6.45, 7) is 3.22. The van der Waals surface area contributed by atoms with Gasteiger partial charge in [-0.05, 0) is 25.5 Å². The van der Waals surface area contributed by atoms with Crippen molar-refractivity contribution in [1.82, 2.24) is 20.5 Å². The molecule has 25 heavy (non-hydrogen) atoms. The van der Waals surface area contributed by atoms with Crippen LogP contribution >= 0.6 is 24.0 Å². The number of nitrogens with one attached hydrogen (secondary N) is 2. The van der Waals surface area contributed by atoms with E-state index in [-0.39, 0.29) is 30.0 Å². The first-order valence-corrected chi connectivity index (χ1v) is 8.20. The van der Waals surface area contributed by atoms with Crippen molar-refractivity contribution in [2.45, 2.75) is 32.0 Å². The smallest absolute Gasteiger partial charge is 0.357 e. The molecule has 0 amide bonds. The summed E-state index contributed by atoms with van der Waals surface area (Å²) in [5, 5.41) is 6.36. The second-order valence-electron chi connectivity index (χ2n) is 5.81. The molecule has 1 aliphatic heterocycles. The molecular weight excluding hydrogens is 446 g/mol. The third-order valence-corrected chi connectivity index (χ3v) is 3.72. The Bertz CT molecular complexity index is 524. The number of hydrogen-bond donors (Lipinski definition) is 2. The summed E-state index contributed by atoms with van der Waals surface area (Å²) in [4.78, 5) is 10.2. The minimum Gasteiger partial charge on any atom is -0.357 e. The minimum absolute atomic E-state index is 0. The average molecular weight is 471 g/mol. The topological polar surface area (TPSA) is 52.6 Å². The Morgan fingerprint density at radius 2 is 2.20 bits per heavy atom. The highest BCUT2D eigenvalue weighted by atomic mass is 127. The Hall–Kier alpha value is -1.10. The lowest BCUT2D eigenvalue weighted by Gasteiger charge is -2.19. The average Bonchev–Trinajstić information content (AvgIpc) is 2.93. The molecule has 1 aromatic rings. The van der Waals surface area contributed by atoms with Gasteiger partial charge in [0, 0.05) is 50.5 Å². The zero-order valence-electron chi connectivity index (χ0n) is 14.2. The molecule has 0 radical (unpaired) electrons. The van der Waals surface area contributed by atoms with E-state index in [0.29, 0.717) is 38.6 Å². The summed E-state index contributed by atoms with van der Waals surface area (Å²) in [5.41, 5.74) is 0.967. The van der Waals surface area contributed by atoms with Gasteiger partial charge in [0.05, 0.1) is 6.54 Å². The zero-order valence-corrected chi connectivity index (χ0v) is 16.6. The molecule has 142 valence electrons. The highest BCUT2D eigenvalue weighted by Gasteiger charge is 2.34. The number of rotatable bonds is 6. The van der Waals surface area contributed by atoms with Crippen LogP contribution < -0.4 is 10.6 Å². The molecule has 0 aliphatic carbocycles. The summed E-state index contributed by atoms with van der Waals surface area (Å²) in [5.74, 6) is 0.646.